The van der Waals surface area contributed by atoms with Crippen LogP contribution in [0.5, 0.6) is 17.2 Å². The van der Waals surface area contributed by atoms with Gasteiger partial charge >= 0.3 is 5.97 Å². The summed E-state index contributed by atoms with van der Waals surface area (Å²) in [6.45, 7) is 4.27. The highest BCUT2D eigenvalue weighted by Crippen LogP contribution is 2.45. The number of carboxylic acids is 1. The van der Waals surface area contributed by atoms with Gasteiger partial charge in [-0.05, 0) is 78.8 Å². The van der Waals surface area contributed by atoms with Crippen molar-refractivity contribution in [1.29, 1.82) is 0 Å². The third-order valence-corrected chi connectivity index (χ3v) is 7.48. The van der Waals surface area contributed by atoms with E-state index in [1.807, 2.05) is 38.1 Å². The van der Waals surface area contributed by atoms with Gasteiger partial charge in [0.25, 0.3) is 5.91 Å². The van der Waals surface area contributed by atoms with E-state index in [-0.39, 0.29) is 30.7 Å². The highest BCUT2D eigenvalue weighted by Gasteiger charge is 2.32. The van der Waals surface area contributed by atoms with Crippen LogP contribution in [0.25, 0.3) is 11.1 Å². The summed E-state index contributed by atoms with van der Waals surface area (Å²) in [5.41, 5.74) is 6.30. The largest absolute Gasteiger partial charge is 0.492 e. The first-order valence-corrected chi connectivity index (χ1v) is 13.0. The van der Waals surface area contributed by atoms with E-state index in [0.717, 1.165) is 33.4 Å². The maximum Gasteiger partial charge on any atom is 0.304 e. The molecule has 7 nitrogen and oxygen atoms in total. The standard InChI is InChI=1S/C31H32FNO6/c1-17-11-21(37-16-28(34)33(3)4)12-18(2)30(17)23-7-9-25(32)31-24(23)8-10-26(31)39-20-5-6-22-19(13-29(35)36)15-38-27(22)14-20/h5-7,9,11-12,14,19,26H,8,10,13,15-16H2,1-4H3,(H,35,36)/t19?,26-/m1/s1. The Balaban J connectivity index is 1.40. The van der Waals surface area contributed by atoms with Crippen LogP contribution >= 0.6 is 0 Å². The Kier molecular flexibility index (Phi) is 7.21. The van der Waals surface area contributed by atoms with Gasteiger partial charge in [0.2, 0.25) is 0 Å². The second kappa shape index (κ2) is 10.6. The van der Waals surface area contributed by atoms with Crippen LogP contribution in [0.1, 0.15) is 52.7 Å². The third-order valence-electron chi connectivity index (χ3n) is 7.48. The number of carboxylic acid groups (broad SMARTS) is 1. The predicted octanol–water partition coefficient (Wildman–Crippen LogP) is 5.59. The summed E-state index contributed by atoms with van der Waals surface area (Å²) in [4.78, 5) is 24.6. The van der Waals surface area contributed by atoms with Gasteiger partial charge in [-0.1, -0.05) is 12.1 Å². The number of hydrogen-bond donors (Lipinski definition) is 1. The number of nitrogens with zero attached hydrogens (tertiary/aromatic N) is 1. The lowest BCUT2D eigenvalue weighted by Crippen LogP contribution is -2.27. The molecule has 39 heavy (non-hydrogen) atoms. The molecule has 2 atom stereocenters. The van der Waals surface area contributed by atoms with Crippen molar-refractivity contribution in [3.63, 3.8) is 0 Å². The minimum absolute atomic E-state index is 0.0112. The van der Waals surface area contributed by atoms with Crippen LogP contribution in [-0.4, -0.2) is 49.2 Å². The molecule has 1 unspecified atom stereocenters. The van der Waals surface area contributed by atoms with E-state index in [4.69, 9.17) is 19.3 Å². The molecule has 0 saturated carbocycles. The zero-order valence-corrected chi connectivity index (χ0v) is 22.5. The van der Waals surface area contributed by atoms with Crippen molar-refractivity contribution >= 4 is 11.9 Å². The number of aliphatic carboxylic acids is 1. The average Bonchev–Trinajstić information content (AvgIpc) is 3.47. The molecule has 8 heteroatoms. The van der Waals surface area contributed by atoms with E-state index in [0.29, 0.717) is 42.3 Å². The Morgan fingerprint density at radius 3 is 2.51 bits per heavy atom. The number of hydrogen-bond acceptors (Lipinski definition) is 5. The van der Waals surface area contributed by atoms with E-state index < -0.39 is 12.1 Å². The molecule has 1 N–H and O–H groups in total. The van der Waals surface area contributed by atoms with Crippen LogP contribution in [0.2, 0.25) is 0 Å². The van der Waals surface area contributed by atoms with E-state index in [2.05, 4.69) is 0 Å². The minimum Gasteiger partial charge on any atom is -0.492 e. The Morgan fingerprint density at radius 2 is 1.82 bits per heavy atom. The fourth-order valence-electron chi connectivity index (χ4n) is 5.61. The van der Waals surface area contributed by atoms with Gasteiger partial charge in [-0.15, -0.1) is 0 Å². The van der Waals surface area contributed by atoms with Crippen molar-refractivity contribution in [2.75, 3.05) is 27.3 Å². The molecule has 0 radical (unpaired) electrons. The van der Waals surface area contributed by atoms with Gasteiger partial charge in [0.15, 0.2) is 6.61 Å². The maximum atomic E-state index is 15.2. The molecule has 0 aromatic heterocycles. The monoisotopic (exact) mass is 533 g/mol. The van der Waals surface area contributed by atoms with Crippen LogP contribution in [0, 0.1) is 19.7 Å². The summed E-state index contributed by atoms with van der Waals surface area (Å²) in [6.07, 6.45) is 0.866. The number of carbonyl (C=O) groups is 2. The van der Waals surface area contributed by atoms with Crippen molar-refractivity contribution in [3.05, 3.63) is 76.1 Å². The SMILES string of the molecule is Cc1cc(OCC(=O)N(C)C)cc(C)c1-c1ccc(F)c2c1CC[C@H]2Oc1ccc2c(c1)OCC2CC(=O)O. The Labute approximate surface area is 227 Å². The molecule has 1 amide bonds. The lowest BCUT2D eigenvalue weighted by atomic mass is 9.90. The number of benzene rings is 3. The Hall–Kier alpha value is -4.07. The molecule has 1 heterocycles. The highest BCUT2D eigenvalue weighted by atomic mass is 19.1. The number of rotatable bonds is 8. The number of aryl methyl sites for hydroxylation is 2. The number of ether oxygens (including phenoxy) is 3. The second-order valence-corrected chi connectivity index (χ2v) is 10.4. The van der Waals surface area contributed by atoms with Crippen molar-refractivity contribution in [1.82, 2.24) is 4.90 Å². The molecule has 1 aliphatic heterocycles. The second-order valence-electron chi connectivity index (χ2n) is 10.4. The molecule has 204 valence electrons. The fraction of sp³-hybridized carbons (Fsp3) is 0.355. The zero-order chi connectivity index (χ0) is 27.8. The zero-order valence-electron chi connectivity index (χ0n) is 22.5. The van der Waals surface area contributed by atoms with Gasteiger partial charge in [0, 0.05) is 37.2 Å². The third kappa shape index (κ3) is 5.28. The summed E-state index contributed by atoms with van der Waals surface area (Å²) >= 11 is 0. The quantitative estimate of drug-likeness (QED) is 0.406. The van der Waals surface area contributed by atoms with Gasteiger partial charge in [-0.3, -0.25) is 9.59 Å². The van der Waals surface area contributed by atoms with E-state index in [1.54, 1.807) is 26.2 Å². The molecular weight excluding hydrogens is 501 g/mol. The predicted molar refractivity (Wildman–Crippen MR) is 144 cm³/mol. The van der Waals surface area contributed by atoms with E-state index >= 15 is 4.39 Å². The number of carbonyl (C=O) groups excluding carboxylic acids is 1. The normalized spacial score (nSPS) is 17.3. The molecule has 0 bridgehead atoms. The highest BCUT2D eigenvalue weighted by molar-refractivity contribution is 5.78. The summed E-state index contributed by atoms with van der Waals surface area (Å²) in [5, 5.41) is 9.14. The van der Waals surface area contributed by atoms with Gasteiger partial charge in [-0.2, -0.15) is 0 Å². The Morgan fingerprint density at radius 1 is 1.08 bits per heavy atom. The van der Waals surface area contributed by atoms with Crippen molar-refractivity contribution in [3.8, 4) is 28.4 Å². The molecule has 0 spiro atoms. The molecular formula is C31H32FNO6. The average molecular weight is 534 g/mol. The van der Waals surface area contributed by atoms with Gasteiger partial charge in [-0.25, -0.2) is 4.39 Å². The van der Waals surface area contributed by atoms with Gasteiger partial charge < -0.3 is 24.2 Å². The lowest BCUT2D eigenvalue weighted by Gasteiger charge is -2.19. The van der Waals surface area contributed by atoms with Gasteiger partial charge in [0.1, 0.15) is 29.2 Å². The number of fused-ring (bicyclic) bond motifs is 2. The first kappa shape index (κ1) is 26.5. The van der Waals surface area contributed by atoms with E-state index in [1.165, 1.54) is 11.0 Å². The summed E-state index contributed by atoms with van der Waals surface area (Å²) in [6, 6.07) is 12.6. The lowest BCUT2D eigenvalue weighted by molar-refractivity contribution is -0.137. The van der Waals surface area contributed by atoms with Crippen molar-refractivity contribution < 1.29 is 33.3 Å². The van der Waals surface area contributed by atoms with Crippen molar-refractivity contribution in [2.45, 2.75) is 45.1 Å². The fourth-order valence-corrected chi connectivity index (χ4v) is 5.61. The number of halogens is 1. The first-order valence-electron chi connectivity index (χ1n) is 13.0. The van der Waals surface area contributed by atoms with Crippen LogP contribution < -0.4 is 14.2 Å². The molecule has 3 aromatic rings. The number of amides is 1. The van der Waals surface area contributed by atoms with Crippen LogP contribution in [0.15, 0.2) is 42.5 Å². The van der Waals surface area contributed by atoms with Crippen LogP contribution in [0.3, 0.4) is 0 Å². The van der Waals surface area contributed by atoms with Crippen LogP contribution in [0.4, 0.5) is 4.39 Å². The molecule has 0 fully saturated rings. The topological polar surface area (TPSA) is 85.3 Å². The molecule has 3 aromatic carbocycles. The van der Waals surface area contributed by atoms with Crippen molar-refractivity contribution in [2.24, 2.45) is 0 Å². The molecule has 5 rings (SSSR count). The van der Waals surface area contributed by atoms with Gasteiger partial charge in [0.05, 0.1) is 13.0 Å². The van der Waals surface area contributed by atoms with Crippen LogP contribution in [-0.2, 0) is 16.0 Å². The molecule has 0 saturated heterocycles. The summed E-state index contributed by atoms with van der Waals surface area (Å²) in [5.74, 6) is 0.335. The summed E-state index contributed by atoms with van der Waals surface area (Å²) < 4.78 is 32.9. The smallest absolute Gasteiger partial charge is 0.304 e. The Bertz CT molecular complexity index is 1430. The molecule has 1 aliphatic carbocycles. The number of likely N-dealkylation sites (N-methyl/N-ethyl adjacent to an activating group) is 1. The maximum absolute atomic E-state index is 15.2. The molecule has 2 aliphatic rings. The van der Waals surface area contributed by atoms with E-state index in [9.17, 15) is 9.59 Å². The first-order chi connectivity index (χ1) is 18.6. The minimum atomic E-state index is -0.863. The summed E-state index contributed by atoms with van der Waals surface area (Å²) in [7, 11) is 3.38.